The molecule has 1 aromatic carbocycles. The summed E-state index contributed by atoms with van der Waals surface area (Å²) in [5.74, 6) is -1.27. The van der Waals surface area contributed by atoms with Crippen molar-refractivity contribution in [1.29, 1.82) is 0 Å². The second-order valence-corrected chi connectivity index (χ2v) is 3.86. The maximum atomic E-state index is 11.7. The Morgan fingerprint density at radius 1 is 1.53 bits per heavy atom. The lowest BCUT2D eigenvalue weighted by molar-refractivity contribution is -0.522. The Bertz CT molecular complexity index is 445. The van der Waals surface area contributed by atoms with Crippen molar-refractivity contribution >= 4 is 5.97 Å². The van der Waals surface area contributed by atoms with E-state index in [2.05, 4.69) is 0 Å². The lowest BCUT2D eigenvalue weighted by Gasteiger charge is -2.01. The summed E-state index contributed by atoms with van der Waals surface area (Å²) >= 11 is 0. The van der Waals surface area contributed by atoms with E-state index in [1.807, 2.05) is 6.07 Å². The fourth-order valence-corrected chi connectivity index (χ4v) is 1.91. The smallest absolute Gasteiger partial charge is 0.457 e. The van der Waals surface area contributed by atoms with E-state index in [1.54, 1.807) is 31.2 Å². The maximum Gasteiger partial charge on any atom is 0.487 e. The zero-order valence-electron chi connectivity index (χ0n) is 9.33. The second-order valence-electron chi connectivity index (χ2n) is 3.86. The van der Waals surface area contributed by atoms with E-state index in [4.69, 9.17) is 4.74 Å². The number of carbonyl (C=O) groups excluding carboxylic acids is 1. The van der Waals surface area contributed by atoms with E-state index in [-0.39, 0.29) is 6.61 Å². The highest BCUT2D eigenvalue weighted by atomic mass is 16.6. The van der Waals surface area contributed by atoms with Crippen LogP contribution in [0.3, 0.4) is 0 Å². The number of hydrogen-bond acceptors (Lipinski definition) is 4. The van der Waals surface area contributed by atoms with Gasteiger partial charge in [0, 0.05) is 5.56 Å². The Balaban J connectivity index is 2.25. The quantitative estimate of drug-likeness (QED) is 0.343. The Labute approximate surface area is 98.5 Å². The van der Waals surface area contributed by atoms with Crippen LogP contribution in [0.25, 0.3) is 0 Å². The van der Waals surface area contributed by atoms with Crippen LogP contribution < -0.4 is 0 Å². The van der Waals surface area contributed by atoms with Crippen LogP contribution in [0.5, 0.6) is 0 Å². The molecule has 1 aromatic rings. The van der Waals surface area contributed by atoms with Crippen molar-refractivity contribution < 1.29 is 14.5 Å². The molecular formula is C12H12NO4+. The third-order valence-corrected chi connectivity index (χ3v) is 2.85. The fraction of sp³-hybridized carbons (Fsp3) is 0.333. The molecule has 2 unspecified atom stereocenters. The van der Waals surface area contributed by atoms with Crippen LogP contribution in [0.4, 0.5) is 0 Å². The highest BCUT2D eigenvalue weighted by Gasteiger charge is 2.87. The molecule has 0 amide bonds. The first kappa shape index (κ1) is 11.4. The molecule has 2 rings (SSSR count). The molecule has 0 radical (unpaired) electrons. The van der Waals surface area contributed by atoms with Gasteiger partial charge in [-0.2, -0.15) is 0 Å². The minimum Gasteiger partial charge on any atom is -0.457 e. The summed E-state index contributed by atoms with van der Waals surface area (Å²) < 4.78 is 4.77. The number of rotatable bonds is 4. The summed E-state index contributed by atoms with van der Waals surface area (Å²) in [5.41, 5.74) is -0.922. The molecule has 0 N–H and O–H groups in total. The zero-order chi connectivity index (χ0) is 12.5. The highest BCUT2D eigenvalue weighted by molar-refractivity contribution is 5.89. The minimum atomic E-state index is -1.68. The third-order valence-electron chi connectivity index (χ3n) is 2.85. The predicted octanol–water partition coefficient (Wildman–Crippen LogP) is 1.57. The number of ether oxygens (including phenoxy) is 1. The zero-order valence-corrected chi connectivity index (χ0v) is 9.33. The normalized spacial score (nSPS) is 25.8. The monoisotopic (exact) mass is 234 g/mol. The summed E-state index contributed by atoms with van der Waals surface area (Å²) in [6, 6.07) is 8.94. The number of esters is 1. The summed E-state index contributed by atoms with van der Waals surface area (Å²) in [4.78, 5) is 22.1. The van der Waals surface area contributed by atoms with Gasteiger partial charge in [0.05, 0.1) is 11.5 Å². The van der Waals surface area contributed by atoms with Crippen LogP contribution in [-0.4, -0.2) is 23.0 Å². The molecule has 1 aliphatic carbocycles. The molecule has 0 saturated heterocycles. The molecule has 0 heterocycles. The maximum absolute atomic E-state index is 11.7. The highest BCUT2D eigenvalue weighted by Crippen LogP contribution is 2.53. The molecule has 1 fully saturated rings. The Kier molecular flexibility index (Phi) is 2.75. The Morgan fingerprint density at radius 2 is 2.18 bits per heavy atom. The van der Waals surface area contributed by atoms with E-state index in [9.17, 15) is 14.9 Å². The van der Waals surface area contributed by atoms with Crippen molar-refractivity contribution in [1.82, 2.24) is 0 Å². The minimum absolute atomic E-state index is 0.143. The number of benzene rings is 1. The summed E-state index contributed by atoms with van der Waals surface area (Å²) in [7, 11) is 0. The van der Waals surface area contributed by atoms with Gasteiger partial charge >= 0.3 is 11.5 Å². The van der Waals surface area contributed by atoms with Crippen LogP contribution in [0, 0.1) is 16.5 Å². The SMILES string of the molecule is CCOC(=O)C1([N+](=O)[O-])[CH+]C1c1ccccc1. The molecule has 0 spiro atoms. The van der Waals surface area contributed by atoms with Gasteiger partial charge in [0.15, 0.2) is 6.42 Å². The first-order valence-corrected chi connectivity index (χ1v) is 5.35. The third kappa shape index (κ3) is 1.73. The van der Waals surface area contributed by atoms with Gasteiger partial charge in [0.1, 0.15) is 0 Å². The van der Waals surface area contributed by atoms with E-state index in [0.717, 1.165) is 5.56 Å². The van der Waals surface area contributed by atoms with Gasteiger partial charge in [0.25, 0.3) is 5.92 Å². The van der Waals surface area contributed by atoms with Crippen LogP contribution in [0.15, 0.2) is 30.3 Å². The topological polar surface area (TPSA) is 69.4 Å². The average molecular weight is 234 g/mol. The van der Waals surface area contributed by atoms with Crippen LogP contribution in [-0.2, 0) is 9.53 Å². The van der Waals surface area contributed by atoms with Gasteiger partial charge in [-0.15, -0.1) is 0 Å². The van der Waals surface area contributed by atoms with Gasteiger partial charge < -0.3 is 4.74 Å². The van der Waals surface area contributed by atoms with E-state index >= 15 is 0 Å². The predicted molar refractivity (Wildman–Crippen MR) is 59.8 cm³/mol. The van der Waals surface area contributed by atoms with E-state index in [1.165, 1.54) is 6.42 Å². The molecule has 5 heteroatoms. The van der Waals surface area contributed by atoms with Crippen molar-refractivity contribution in [3.63, 3.8) is 0 Å². The van der Waals surface area contributed by atoms with Gasteiger partial charge in [0.2, 0.25) is 0 Å². The van der Waals surface area contributed by atoms with Gasteiger partial charge in [-0.3, -0.25) is 10.1 Å². The van der Waals surface area contributed by atoms with E-state index < -0.39 is 22.3 Å². The van der Waals surface area contributed by atoms with Crippen molar-refractivity contribution in [3.05, 3.63) is 52.4 Å². The standard InChI is InChI=1S/C12H12NO4/c1-2-17-11(14)12(13(15)16)8-10(12)9-6-4-3-5-7-9/h3-8,10H,2H2,1H3/q+1. The second kappa shape index (κ2) is 4.08. The average Bonchev–Trinajstić information content (AvgIpc) is 3.07. The van der Waals surface area contributed by atoms with Crippen LogP contribution >= 0.6 is 0 Å². The molecule has 1 saturated carbocycles. The molecule has 1 aliphatic rings. The summed E-state index contributed by atoms with van der Waals surface area (Å²) in [6.07, 6.45) is 1.42. The van der Waals surface area contributed by atoms with Gasteiger partial charge in [-0.05, 0) is 6.92 Å². The van der Waals surface area contributed by atoms with Crippen LogP contribution in [0.1, 0.15) is 18.4 Å². The molecule has 0 aromatic heterocycles. The van der Waals surface area contributed by atoms with E-state index in [0.29, 0.717) is 0 Å². The molecule has 17 heavy (non-hydrogen) atoms. The van der Waals surface area contributed by atoms with Gasteiger partial charge in [-0.1, -0.05) is 30.3 Å². The van der Waals surface area contributed by atoms with Crippen molar-refractivity contribution in [2.45, 2.75) is 18.4 Å². The largest absolute Gasteiger partial charge is 0.487 e. The van der Waals surface area contributed by atoms with Crippen molar-refractivity contribution in [3.8, 4) is 0 Å². The summed E-state index contributed by atoms with van der Waals surface area (Å²) in [6.45, 7) is 1.77. The molecular weight excluding hydrogens is 222 g/mol. The molecule has 5 nitrogen and oxygen atoms in total. The first-order chi connectivity index (χ1) is 8.13. The molecule has 88 valence electrons. The Hall–Kier alpha value is -2.04. The molecule has 0 bridgehead atoms. The lowest BCUT2D eigenvalue weighted by atomic mass is 10.1. The number of nitro groups is 1. The summed E-state index contributed by atoms with van der Waals surface area (Å²) in [5, 5.41) is 11.1. The number of hydrogen-bond donors (Lipinski definition) is 0. The lowest BCUT2D eigenvalue weighted by Crippen LogP contribution is -2.35. The molecule has 2 atom stereocenters. The van der Waals surface area contributed by atoms with Crippen molar-refractivity contribution in [2.75, 3.05) is 6.61 Å². The van der Waals surface area contributed by atoms with Crippen LogP contribution in [0.2, 0.25) is 0 Å². The van der Waals surface area contributed by atoms with Gasteiger partial charge in [-0.25, -0.2) is 4.79 Å². The number of nitrogens with zero attached hydrogens (tertiary/aromatic N) is 1. The fourth-order valence-electron chi connectivity index (χ4n) is 1.91. The first-order valence-electron chi connectivity index (χ1n) is 5.35. The Morgan fingerprint density at radius 3 is 2.71 bits per heavy atom. The number of carbonyl (C=O) groups is 1. The molecule has 0 aliphatic heterocycles. The van der Waals surface area contributed by atoms with Crippen molar-refractivity contribution in [2.24, 2.45) is 0 Å².